The van der Waals surface area contributed by atoms with Crippen molar-refractivity contribution in [2.75, 3.05) is 12.4 Å². The van der Waals surface area contributed by atoms with Crippen LogP contribution in [0.5, 0.6) is 5.75 Å². The van der Waals surface area contributed by atoms with E-state index in [1.807, 2.05) is 6.07 Å². The number of benzene rings is 3. The van der Waals surface area contributed by atoms with Crippen molar-refractivity contribution in [3.63, 3.8) is 0 Å². The highest BCUT2D eigenvalue weighted by Crippen LogP contribution is 2.23. The van der Waals surface area contributed by atoms with Crippen LogP contribution in [-0.2, 0) is 11.3 Å². The van der Waals surface area contributed by atoms with Crippen LogP contribution in [0.15, 0.2) is 89.9 Å². The Kier molecular flexibility index (Phi) is 5.62. The highest BCUT2D eigenvalue weighted by atomic mass is 16.5. The summed E-state index contributed by atoms with van der Waals surface area (Å²) < 4.78 is 6.90. The van der Waals surface area contributed by atoms with E-state index in [1.54, 1.807) is 77.4 Å². The molecule has 1 heterocycles. The van der Waals surface area contributed by atoms with Crippen LogP contribution in [0.2, 0.25) is 0 Å². The lowest BCUT2D eigenvalue weighted by Crippen LogP contribution is -2.24. The van der Waals surface area contributed by atoms with E-state index in [-0.39, 0.29) is 29.2 Å². The fourth-order valence-corrected chi connectivity index (χ4v) is 3.48. The van der Waals surface area contributed by atoms with E-state index in [4.69, 9.17) is 4.74 Å². The van der Waals surface area contributed by atoms with Crippen LogP contribution in [0, 0.1) is 0 Å². The average Bonchev–Trinajstić information content (AvgIpc) is 2.81. The zero-order valence-corrected chi connectivity index (χ0v) is 16.9. The van der Waals surface area contributed by atoms with E-state index in [0.29, 0.717) is 27.9 Å². The van der Waals surface area contributed by atoms with E-state index in [0.717, 1.165) is 0 Å². The molecular formula is C25H20N2O4. The third-order valence-electron chi connectivity index (χ3n) is 4.96. The molecule has 6 heteroatoms. The molecular weight excluding hydrogens is 392 g/mol. The monoisotopic (exact) mass is 412 g/mol. The molecule has 4 aromatic rings. The smallest absolute Gasteiger partial charge is 0.244 e. The van der Waals surface area contributed by atoms with Crippen molar-refractivity contribution in [1.82, 2.24) is 4.57 Å². The molecule has 1 aromatic heterocycles. The summed E-state index contributed by atoms with van der Waals surface area (Å²) in [6.45, 7) is -0.0755. The summed E-state index contributed by atoms with van der Waals surface area (Å²) in [6.07, 6.45) is 1.46. The Hall–Kier alpha value is -4.19. The lowest BCUT2D eigenvalue weighted by Gasteiger charge is -2.14. The van der Waals surface area contributed by atoms with Crippen molar-refractivity contribution >= 4 is 28.3 Å². The Labute approximate surface area is 178 Å². The molecule has 0 aliphatic heterocycles. The lowest BCUT2D eigenvalue weighted by atomic mass is 10.0. The summed E-state index contributed by atoms with van der Waals surface area (Å²) in [6, 6.07) is 22.6. The molecule has 1 amide bonds. The molecule has 0 saturated carbocycles. The largest absolute Gasteiger partial charge is 0.495 e. The number of pyridine rings is 1. The van der Waals surface area contributed by atoms with Gasteiger partial charge < -0.3 is 14.6 Å². The van der Waals surface area contributed by atoms with Gasteiger partial charge in [-0.2, -0.15) is 0 Å². The second-order valence-corrected chi connectivity index (χ2v) is 6.96. The van der Waals surface area contributed by atoms with Crippen LogP contribution < -0.4 is 15.5 Å². The Morgan fingerprint density at radius 3 is 2.35 bits per heavy atom. The van der Waals surface area contributed by atoms with Gasteiger partial charge in [0.05, 0.1) is 23.9 Å². The number of hydrogen-bond donors (Lipinski definition) is 1. The van der Waals surface area contributed by atoms with Gasteiger partial charge in [-0.15, -0.1) is 0 Å². The summed E-state index contributed by atoms with van der Waals surface area (Å²) in [5.74, 6) is -0.146. The molecule has 3 aromatic carbocycles. The number of carbonyl (C=O) groups is 2. The van der Waals surface area contributed by atoms with Gasteiger partial charge >= 0.3 is 0 Å². The average molecular weight is 412 g/mol. The molecule has 0 aliphatic rings. The topological polar surface area (TPSA) is 77.4 Å². The number of ether oxygens (including phenoxy) is 1. The van der Waals surface area contributed by atoms with Crippen LogP contribution in [0.1, 0.15) is 15.9 Å². The normalized spacial score (nSPS) is 10.6. The third-order valence-corrected chi connectivity index (χ3v) is 4.96. The molecule has 0 unspecified atom stereocenters. The number of rotatable bonds is 6. The summed E-state index contributed by atoms with van der Waals surface area (Å²) >= 11 is 0. The standard InChI is InChI=1S/C25H20N2O4/c1-31-22-14-8-6-12-20(22)26-23(28)16-27-15-19(24(29)17-9-3-2-4-10-17)25(30)18-11-5-7-13-21(18)27/h2-15H,16H2,1H3,(H,26,28). The Bertz CT molecular complexity index is 1330. The van der Waals surface area contributed by atoms with Crippen LogP contribution >= 0.6 is 0 Å². The van der Waals surface area contributed by atoms with E-state index in [2.05, 4.69) is 5.32 Å². The first kappa shape index (κ1) is 20.1. The van der Waals surface area contributed by atoms with Crippen molar-refractivity contribution < 1.29 is 14.3 Å². The number of ketones is 1. The van der Waals surface area contributed by atoms with E-state index < -0.39 is 0 Å². The number of para-hydroxylation sites is 3. The van der Waals surface area contributed by atoms with Crippen LogP contribution in [-0.4, -0.2) is 23.4 Å². The molecule has 0 aliphatic carbocycles. The molecule has 0 fully saturated rings. The van der Waals surface area contributed by atoms with E-state index in [9.17, 15) is 14.4 Å². The number of nitrogens with zero attached hydrogens (tertiary/aromatic N) is 1. The molecule has 0 radical (unpaired) electrons. The summed E-state index contributed by atoms with van der Waals surface area (Å²) in [7, 11) is 1.53. The molecule has 0 saturated heterocycles. The van der Waals surface area contributed by atoms with Gasteiger partial charge in [0.15, 0.2) is 5.78 Å². The summed E-state index contributed by atoms with van der Waals surface area (Å²) in [5, 5.41) is 3.21. The van der Waals surface area contributed by atoms with Crippen molar-refractivity contribution in [2.45, 2.75) is 6.54 Å². The van der Waals surface area contributed by atoms with Gasteiger partial charge in [0.1, 0.15) is 12.3 Å². The van der Waals surface area contributed by atoms with Crippen LogP contribution in [0.25, 0.3) is 10.9 Å². The van der Waals surface area contributed by atoms with Crippen LogP contribution in [0.3, 0.4) is 0 Å². The van der Waals surface area contributed by atoms with Crippen molar-refractivity contribution in [3.05, 3.63) is 106 Å². The highest BCUT2D eigenvalue weighted by molar-refractivity contribution is 6.10. The minimum atomic E-state index is -0.379. The number of carbonyl (C=O) groups excluding carboxylic acids is 2. The fourth-order valence-electron chi connectivity index (χ4n) is 3.48. The van der Waals surface area contributed by atoms with Crippen LogP contribution in [0.4, 0.5) is 5.69 Å². The SMILES string of the molecule is COc1ccccc1NC(=O)Cn1cc(C(=O)c2ccccc2)c(=O)c2ccccc21. The highest BCUT2D eigenvalue weighted by Gasteiger charge is 2.18. The van der Waals surface area contributed by atoms with E-state index in [1.165, 1.54) is 13.3 Å². The predicted molar refractivity (Wildman–Crippen MR) is 120 cm³/mol. The Morgan fingerprint density at radius 1 is 0.903 bits per heavy atom. The van der Waals surface area contributed by atoms with Crippen molar-refractivity contribution in [1.29, 1.82) is 0 Å². The second kappa shape index (κ2) is 8.67. The molecule has 6 nitrogen and oxygen atoms in total. The number of hydrogen-bond acceptors (Lipinski definition) is 4. The molecule has 0 spiro atoms. The second-order valence-electron chi connectivity index (χ2n) is 6.96. The fraction of sp³-hybridized carbons (Fsp3) is 0.0800. The molecule has 0 bridgehead atoms. The lowest BCUT2D eigenvalue weighted by molar-refractivity contribution is -0.116. The van der Waals surface area contributed by atoms with Gasteiger partial charge in [-0.1, -0.05) is 54.6 Å². The van der Waals surface area contributed by atoms with Crippen molar-refractivity contribution in [2.24, 2.45) is 0 Å². The minimum Gasteiger partial charge on any atom is -0.495 e. The van der Waals surface area contributed by atoms with E-state index >= 15 is 0 Å². The zero-order chi connectivity index (χ0) is 21.8. The van der Waals surface area contributed by atoms with Gasteiger partial charge in [-0.25, -0.2) is 0 Å². The molecule has 4 rings (SSSR count). The zero-order valence-electron chi connectivity index (χ0n) is 16.9. The first-order valence-electron chi connectivity index (χ1n) is 9.73. The number of fused-ring (bicyclic) bond motifs is 1. The quantitative estimate of drug-likeness (QED) is 0.488. The van der Waals surface area contributed by atoms with Gasteiger partial charge in [-0.3, -0.25) is 14.4 Å². The summed E-state index contributed by atoms with van der Waals surface area (Å²) in [4.78, 5) is 38.8. The predicted octanol–water partition coefficient (Wildman–Crippen LogP) is 3.88. The Balaban J connectivity index is 1.73. The molecule has 1 N–H and O–H groups in total. The molecule has 31 heavy (non-hydrogen) atoms. The molecule has 154 valence electrons. The third kappa shape index (κ3) is 4.09. The van der Waals surface area contributed by atoms with Crippen molar-refractivity contribution in [3.8, 4) is 5.75 Å². The molecule has 0 atom stereocenters. The minimum absolute atomic E-state index is 0.0231. The number of anilines is 1. The first-order chi connectivity index (χ1) is 15.1. The number of amides is 1. The van der Waals surface area contributed by atoms with Gasteiger partial charge in [0, 0.05) is 17.1 Å². The van der Waals surface area contributed by atoms with Gasteiger partial charge in [0.2, 0.25) is 11.3 Å². The number of methoxy groups -OCH3 is 1. The Morgan fingerprint density at radius 2 is 1.58 bits per heavy atom. The maximum atomic E-state index is 13.0. The number of nitrogens with one attached hydrogen (secondary N) is 1. The number of aromatic nitrogens is 1. The van der Waals surface area contributed by atoms with Gasteiger partial charge in [0.25, 0.3) is 0 Å². The first-order valence-corrected chi connectivity index (χ1v) is 9.73. The summed E-state index contributed by atoms with van der Waals surface area (Å²) in [5.41, 5.74) is 1.20. The maximum Gasteiger partial charge on any atom is 0.244 e. The maximum absolute atomic E-state index is 13.0. The van der Waals surface area contributed by atoms with Gasteiger partial charge in [-0.05, 0) is 24.3 Å².